The lowest BCUT2D eigenvalue weighted by Crippen LogP contribution is -2.30. The summed E-state index contributed by atoms with van der Waals surface area (Å²) in [5, 5.41) is 8.64. The second-order valence-electron chi connectivity index (χ2n) is 5.15. The van der Waals surface area contributed by atoms with Gasteiger partial charge in [-0.15, -0.1) is 0 Å². The molecule has 0 saturated heterocycles. The Morgan fingerprint density at radius 2 is 1.65 bits per heavy atom. The van der Waals surface area contributed by atoms with E-state index >= 15 is 0 Å². The van der Waals surface area contributed by atoms with Gasteiger partial charge >= 0.3 is 5.97 Å². The highest BCUT2D eigenvalue weighted by Gasteiger charge is 2.15. The van der Waals surface area contributed by atoms with Gasteiger partial charge < -0.3 is 10.8 Å². The monoisotopic (exact) mass is 243 g/mol. The molecule has 0 unspecified atom stereocenters. The Balaban J connectivity index is 3.38. The van der Waals surface area contributed by atoms with Crippen molar-refractivity contribution in [2.45, 2.75) is 77.7 Å². The summed E-state index contributed by atoms with van der Waals surface area (Å²) in [4.78, 5) is 10.5. The van der Waals surface area contributed by atoms with Crippen molar-refractivity contribution in [2.24, 2.45) is 11.7 Å². The fraction of sp³-hybridized carbons (Fsp3) is 0.929. The Morgan fingerprint density at radius 1 is 1.12 bits per heavy atom. The van der Waals surface area contributed by atoms with Crippen LogP contribution in [0.1, 0.15) is 71.6 Å². The molecule has 17 heavy (non-hydrogen) atoms. The van der Waals surface area contributed by atoms with Crippen LogP contribution < -0.4 is 5.73 Å². The van der Waals surface area contributed by atoms with Crippen molar-refractivity contribution in [1.29, 1.82) is 0 Å². The van der Waals surface area contributed by atoms with Gasteiger partial charge in [-0.3, -0.25) is 4.79 Å². The highest BCUT2D eigenvalue weighted by Crippen LogP contribution is 2.15. The molecule has 3 heteroatoms. The molecule has 0 aliphatic heterocycles. The molecule has 2 atom stereocenters. The molecule has 0 fully saturated rings. The molecule has 0 heterocycles. The van der Waals surface area contributed by atoms with Crippen LogP contribution in [-0.2, 0) is 4.79 Å². The number of unbranched alkanes of at least 4 members (excludes halogenated alkanes) is 6. The molecule has 0 bridgehead atoms. The molecule has 3 N–H and O–H groups in total. The van der Waals surface area contributed by atoms with Gasteiger partial charge in [0.25, 0.3) is 0 Å². The van der Waals surface area contributed by atoms with Crippen molar-refractivity contribution in [3.8, 4) is 0 Å². The van der Waals surface area contributed by atoms with E-state index in [1.807, 2.05) is 0 Å². The SMILES string of the molecule is CCCCCCCCC[C@H](C)[C@H](N)CC(=O)O. The molecule has 0 radical (unpaired) electrons. The smallest absolute Gasteiger partial charge is 0.304 e. The Kier molecular flexibility index (Phi) is 10.2. The van der Waals surface area contributed by atoms with Gasteiger partial charge in [-0.05, 0) is 12.3 Å². The summed E-state index contributed by atoms with van der Waals surface area (Å²) >= 11 is 0. The first-order valence-corrected chi connectivity index (χ1v) is 7.05. The highest BCUT2D eigenvalue weighted by atomic mass is 16.4. The van der Waals surface area contributed by atoms with Crippen molar-refractivity contribution < 1.29 is 9.90 Å². The topological polar surface area (TPSA) is 63.3 Å². The summed E-state index contributed by atoms with van der Waals surface area (Å²) in [5.41, 5.74) is 5.82. The third-order valence-electron chi connectivity index (χ3n) is 3.40. The Hall–Kier alpha value is -0.570. The van der Waals surface area contributed by atoms with Gasteiger partial charge in [-0.25, -0.2) is 0 Å². The van der Waals surface area contributed by atoms with Crippen LogP contribution in [0.3, 0.4) is 0 Å². The normalized spacial score (nSPS) is 14.5. The third kappa shape index (κ3) is 10.3. The first kappa shape index (κ1) is 16.4. The first-order chi connectivity index (χ1) is 8.07. The van der Waals surface area contributed by atoms with Crippen LogP contribution in [0.4, 0.5) is 0 Å². The van der Waals surface area contributed by atoms with Crippen molar-refractivity contribution in [2.75, 3.05) is 0 Å². The molecule has 102 valence electrons. The maximum Gasteiger partial charge on any atom is 0.304 e. The fourth-order valence-corrected chi connectivity index (χ4v) is 2.04. The van der Waals surface area contributed by atoms with Gasteiger partial charge in [0, 0.05) is 6.04 Å². The molecule has 0 aromatic rings. The number of rotatable bonds is 11. The molecule has 3 nitrogen and oxygen atoms in total. The number of hydrogen-bond donors (Lipinski definition) is 2. The van der Waals surface area contributed by atoms with Gasteiger partial charge in [0.05, 0.1) is 6.42 Å². The van der Waals surface area contributed by atoms with Gasteiger partial charge in [0.15, 0.2) is 0 Å². The minimum Gasteiger partial charge on any atom is -0.481 e. The lowest BCUT2D eigenvalue weighted by Gasteiger charge is -2.17. The lowest BCUT2D eigenvalue weighted by atomic mass is 9.93. The van der Waals surface area contributed by atoms with Gasteiger partial charge in [-0.1, -0.05) is 58.8 Å². The van der Waals surface area contributed by atoms with E-state index in [9.17, 15) is 4.79 Å². The van der Waals surface area contributed by atoms with Crippen LogP contribution in [0.2, 0.25) is 0 Å². The summed E-state index contributed by atoms with van der Waals surface area (Å²) < 4.78 is 0. The lowest BCUT2D eigenvalue weighted by molar-refractivity contribution is -0.137. The van der Waals surface area contributed by atoms with E-state index in [1.165, 1.54) is 44.9 Å². The Morgan fingerprint density at radius 3 is 2.18 bits per heavy atom. The van der Waals surface area contributed by atoms with Crippen LogP contribution in [0.5, 0.6) is 0 Å². The largest absolute Gasteiger partial charge is 0.481 e. The average molecular weight is 243 g/mol. The van der Waals surface area contributed by atoms with E-state index in [1.54, 1.807) is 0 Å². The zero-order valence-electron chi connectivity index (χ0n) is 11.5. The van der Waals surface area contributed by atoms with Crippen LogP contribution >= 0.6 is 0 Å². The van der Waals surface area contributed by atoms with E-state index in [0.717, 1.165) is 6.42 Å². The fourth-order valence-electron chi connectivity index (χ4n) is 2.04. The van der Waals surface area contributed by atoms with Crippen molar-refractivity contribution >= 4 is 5.97 Å². The molecule has 0 rings (SSSR count). The van der Waals surface area contributed by atoms with Gasteiger partial charge in [0.2, 0.25) is 0 Å². The molecular weight excluding hydrogens is 214 g/mol. The van der Waals surface area contributed by atoms with Crippen molar-refractivity contribution in [3.05, 3.63) is 0 Å². The average Bonchev–Trinajstić information content (AvgIpc) is 2.26. The van der Waals surface area contributed by atoms with E-state index in [0.29, 0.717) is 5.92 Å². The molecule has 0 saturated carbocycles. The highest BCUT2D eigenvalue weighted by molar-refractivity contribution is 5.67. The summed E-state index contributed by atoms with van der Waals surface area (Å²) in [7, 11) is 0. The summed E-state index contributed by atoms with van der Waals surface area (Å²) in [6.45, 7) is 4.29. The quantitative estimate of drug-likeness (QED) is 0.545. The maximum absolute atomic E-state index is 10.5. The predicted molar refractivity (Wildman–Crippen MR) is 72.0 cm³/mol. The number of carbonyl (C=O) groups is 1. The minimum absolute atomic E-state index is 0.0949. The van der Waals surface area contributed by atoms with Crippen LogP contribution in [-0.4, -0.2) is 17.1 Å². The van der Waals surface area contributed by atoms with Crippen molar-refractivity contribution in [1.82, 2.24) is 0 Å². The standard InChI is InChI=1S/C14H29NO2/c1-3-4-5-6-7-8-9-10-12(2)13(15)11-14(16)17/h12-13H,3-11,15H2,1-2H3,(H,16,17)/t12-,13+/m0/s1. The second kappa shape index (κ2) is 10.6. The number of carboxylic acid groups (broad SMARTS) is 1. The predicted octanol–water partition coefficient (Wildman–Crippen LogP) is 3.57. The first-order valence-electron chi connectivity index (χ1n) is 7.05. The number of nitrogens with two attached hydrogens (primary N) is 1. The van der Waals surface area contributed by atoms with Gasteiger partial charge in [-0.2, -0.15) is 0 Å². The van der Waals surface area contributed by atoms with E-state index in [2.05, 4.69) is 13.8 Å². The molecule has 0 aromatic carbocycles. The van der Waals surface area contributed by atoms with Crippen molar-refractivity contribution in [3.63, 3.8) is 0 Å². The molecular formula is C14H29NO2. The molecule has 0 aromatic heterocycles. The zero-order chi connectivity index (χ0) is 13.1. The number of hydrogen-bond acceptors (Lipinski definition) is 2. The minimum atomic E-state index is -0.788. The van der Waals surface area contributed by atoms with E-state index < -0.39 is 5.97 Å². The Labute approximate surface area is 106 Å². The number of aliphatic carboxylic acids is 1. The maximum atomic E-state index is 10.5. The number of carboxylic acids is 1. The van der Waals surface area contributed by atoms with Crippen LogP contribution in [0, 0.1) is 5.92 Å². The molecule has 0 spiro atoms. The molecule has 0 amide bonds. The zero-order valence-corrected chi connectivity index (χ0v) is 11.5. The third-order valence-corrected chi connectivity index (χ3v) is 3.40. The summed E-state index contributed by atoms with van der Waals surface area (Å²) in [6.07, 6.45) is 10.2. The molecule has 0 aliphatic carbocycles. The Bertz CT molecular complexity index is 195. The summed E-state index contributed by atoms with van der Waals surface area (Å²) in [5.74, 6) is -0.467. The van der Waals surface area contributed by atoms with Gasteiger partial charge in [0.1, 0.15) is 0 Å². The summed E-state index contributed by atoms with van der Waals surface area (Å²) in [6, 6.07) is -0.187. The van der Waals surface area contributed by atoms with E-state index in [-0.39, 0.29) is 12.5 Å². The van der Waals surface area contributed by atoms with E-state index in [4.69, 9.17) is 10.8 Å². The van der Waals surface area contributed by atoms with Crippen LogP contribution in [0.15, 0.2) is 0 Å². The second-order valence-corrected chi connectivity index (χ2v) is 5.15. The molecule has 0 aliphatic rings. The van der Waals surface area contributed by atoms with Crippen LogP contribution in [0.25, 0.3) is 0 Å².